The van der Waals surface area contributed by atoms with E-state index in [4.69, 9.17) is 4.42 Å². The Labute approximate surface area is 140 Å². The Morgan fingerprint density at radius 1 is 1.17 bits per heavy atom. The number of benzene rings is 2. The van der Waals surface area contributed by atoms with Crippen LogP contribution in [0.4, 0.5) is 0 Å². The topological polar surface area (TPSA) is 57.7 Å². The molecule has 3 aromatic rings. The van der Waals surface area contributed by atoms with Gasteiger partial charge in [-0.2, -0.15) is 0 Å². The molecule has 0 radical (unpaired) electrons. The Hall–Kier alpha value is -2.33. The molecule has 1 N–H and O–H groups in total. The maximum Gasteiger partial charge on any atom is 0.344 e. The van der Waals surface area contributed by atoms with Crippen molar-refractivity contribution < 1.29 is 14.4 Å². The molecule has 4 heteroatoms. The van der Waals surface area contributed by atoms with Crippen LogP contribution in [0.1, 0.15) is 25.3 Å². The quantitative estimate of drug-likeness (QED) is 0.578. The van der Waals surface area contributed by atoms with Crippen molar-refractivity contribution in [2.24, 2.45) is 5.92 Å². The van der Waals surface area contributed by atoms with Crippen LogP contribution < -0.4 is 15.6 Å². The van der Waals surface area contributed by atoms with Crippen LogP contribution in [0.5, 0.6) is 5.75 Å². The number of hydrogen-bond acceptors (Lipinski definition) is 3. The minimum Gasteiger partial charge on any atom is -0.872 e. The van der Waals surface area contributed by atoms with Gasteiger partial charge in [-0.3, -0.25) is 0 Å². The van der Waals surface area contributed by atoms with Gasteiger partial charge in [0.05, 0.1) is 18.5 Å². The number of nitrogens with one attached hydrogen (secondary N) is 1. The van der Waals surface area contributed by atoms with Crippen LogP contribution in [0.3, 0.4) is 0 Å². The van der Waals surface area contributed by atoms with Crippen LogP contribution in [0.2, 0.25) is 0 Å². The number of likely N-dealkylation sites (tertiary alicyclic amines) is 1. The van der Waals surface area contributed by atoms with E-state index in [0.29, 0.717) is 29.0 Å². The zero-order valence-corrected chi connectivity index (χ0v) is 13.8. The summed E-state index contributed by atoms with van der Waals surface area (Å²) in [6.07, 6.45) is 2.44. The van der Waals surface area contributed by atoms with Crippen LogP contribution in [0.15, 0.2) is 45.6 Å². The molecule has 0 amide bonds. The normalized spacial score (nSPS) is 21.4. The highest BCUT2D eigenvalue weighted by Crippen LogP contribution is 2.29. The molecule has 1 aliphatic heterocycles. The summed E-state index contributed by atoms with van der Waals surface area (Å²) in [4.78, 5) is 13.7. The fourth-order valence-electron chi connectivity index (χ4n) is 3.96. The third kappa shape index (κ3) is 2.57. The summed E-state index contributed by atoms with van der Waals surface area (Å²) in [7, 11) is 0. The molecule has 4 nitrogen and oxygen atoms in total. The van der Waals surface area contributed by atoms with Crippen molar-refractivity contribution >= 4 is 21.7 Å². The number of hydrogen-bond donors (Lipinski definition) is 1. The van der Waals surface area contributed by atoms with Gasteiger partial charge in [-0.25, -0.2) is 4.79 Å². The fourth-order valence-corrected chi connectivity index (χ4v) is 3.96. The van der Waals surface area contributed by atoms with Crippen molar-refractivity contribution in [3.63, 3.8) is 0 Å². The van der Waals surface area contributed by atoms with Crippen molar-refractivity contribution in [1.82, 2.24) is 0 Å². The van der Waals surface area contributed by atoms with Gasteiger partial charge in [0.2, 0.25) is 0 Å². The van der Waals surface area contributed by atoms with Crippen molar-refractivity contribution in [2.75, 3.05) is 13.1 Å². The Bertz CT molecular complexity index is 960. The smallest absolute Gasteiger partial charge is 0.344 e. The molecule has 0 aliphatic carbocycles. The number of rotatable bonds is 2. The lowest BCUT2D eigenvalue weighted by molar-refractivity contribution is -0.922. The van der Waals surface area contributed by atoms with Gasteiger partial charge in [-0.05, 0) is 24.3 Å². The first-order valence-electron chi connectivity index (χ1n) is 8.61. The molecule has 2 atom stereocenters. The molecule has 1 saturated heterocycles. The van der Waals surface area contributed by atoms with Gasteiger partial charge < -0.3 is 14.4 Å². The monoisotopic (exact) mass is 323 g/mol. The van der Waals surface area contributed by atoms with Crippen LogP contribution in [0, 0.1) is 5.92 Å². The van der Waals surface area contributed by atoms with E-state index in [1.807, 2.05) is 18.2 Å². The van der Waals surface area contributed by atoms with E-state index < -0.39 is 0 Å². The Morgan fingerprint density at radius 3 is 2.75 bits per heavy atom. The molecule has 1 aliphatic rings. The van der Waals surface area contributed by atoms with Crippen LogP contribution in [-0.4, -0.2) is 13.1 Å². The lowest BCUT2D eigenvalue weighted by atomic mass is 9.99. The SMILES string of the molecule is CC1CCC[NH+](Cc2c([O-])ccc3c2oc(=O)c2ccccc23)C1. The minimum atomic E-state index is -0.369. The van der Waals surface area contributed by atoms with E-state index in [1.165, 1.54) is 17.7 Å². The first kappa shape index (κ1) is 15.2. The van der Waals surface area contributed by atoms with Gasteiger partial charge >= 0.3 is 5.63 Å². The Kier molecular flexibility index (Phi) is 3.77. The van der Waals surface area contributed by atoms with Gasteiger partial charge in [-0.15, -0.1) is 0 Å². The van der Waals surface area contributed by atoms with Gasteiger partial charge in [0.25, 0.3) is 0 Å². The highest BCUT2D eigenvalue weighted by Gasteiger charge is 2.22. The van der Waals surface area contributed by atoms with Crippen LogP contribution in [0.25, 0.3) is 21.7 Å². The molecule has 1 aromatic heterocycles. The molecule has 24 heavy (non-hydrogen) atoms. The molecule has 2 heterocycles. The Balaban J connectivity index is 1.88. The summed E-state index contributed by atoms with van der Waals surface area (Å²) >= 11 is 0. The predicted molar refractivity (Wildman–Crippen MR) is 92.2 cm³/mol. The molecule has 1 fully saturated rings. The van der Waals surface area contributed by atoms with Crippen LogP contribution >= 0.6 is 0 Å². The predicted octanol–water partition coefficient (Wildman–Crippen LogP) is 1.83. The van der Waals surface area contributed by atoms with Gasteiger partial charge in [0.1, 0.15) is 12.1 Å². The van der Waals surface area contributed by atoms with E-state index in [1.54, 1.807) is 18.2 Å². The summed E-state index contributed by atoms with van der Waals surface area (Å²) < 4.78 is 5.59. The summed E-state index contributed by atoms with van der Waals surface area (Å²) in [5.41, 5.74) is 0.739. The molecular formula is C20H21NO3. The third-order valence-electron chi connectivity index (χ3n) is 5.14. The zero-order chi connectivity index (χ0) is 16.7. The number of quaternary nitrogens is 1. The molecule has 0 spiro atoms. The fraction of sp³-hybridized carbons (Fsp3) is 0.350. The molecule has 0 bridgehead atoms. The van der Waals surface area contributed by atoms with Crippen molar-refractivity contribution in [2.45, 2.75) is 26.3 Å². The number of fused-ring (bicyclic) bond motifs is 3. The Morgan fingerprint density at radius 2 is 1.96 bits per heavy atom. The lowest BCUT2D eigenvalue weighted by Gasteiger charge is -2.29. The van der Waals surface area contributed by atoms with E-state index in [0.717, 1.165) is 23.9 Å². The zero-order valence-electron chi connectivity index (χ0n) is 13.8. The van der Waals surface area contributed by atoms with Gasteiger partial charge in [0.15, 0.2) is 0 Å². The van der Waals surface area contributed by atoms with E-state index in [-0.39, 0.29) is 11.4 Å². The van der Waals surface area contributed by atoms with E-state index in [2.05, 4.69) is 6.92 Å². The average Bonchev–Trinajstić information content (AvgIpc) is 2.58. The summed E-state index contributed by atoms with van der Waals surface area (Å²) in [5, 5.41) is 14.7. The highest BCUT2D eigenvalue weighted by molar-refractivity contribution is 6.05. The summed E-state index contributed by atoms with van der Waals surface area (Å²) in [6.45, 7) is 5.02. The summed E-state index contributed by atoms with van der Waals surface area (Å²) in [6, 6.07) is 10.8. The summed E-state index contributed by atoms with van der Waals surface area (Å²) in [5.74, 6) is 0.637. The second-order valence-electron chi connectivity index (χ2n) is 6.98. The van der Waals surface area contributed by atoms with Gasteiger partial charge in [0, 0.05) is 16.9 Å². The van der Waals surface area contributed by atoms with Crippen molar-refractivity contribution in [1.29, 1.82) is 0 Å². The molecule has 2 aromatic carbocycles. The highest BCUT2D eigenvalue weighted by atomic mass is 16.4. The molecule has 124 valence electrons. The lowest BCUT2D eigenvalue weighted by Crippen LogP contribution is -3.12. The molecular weight excluding hydrogens is 302 g/mol. The molecule has 4 rings (SSSR count). The second kappa shape index (κ2) is 5.95. The largest absolute Gasteiger partial charge is 0.872 e. The van der Waals surface area contributed by atoms with Crippen molar-refractivity contribution in [3.05, 3.63) is 52.4 Å². The third-order valence-corrected chi connectivity index (χ3v) is 5.14. The maximum atomic E-state index is 12.5. The standard InChI is InChI=1S/C20H21NO3/c1-13-5-4-10-21(11-13)12-17-18(22)9-8-15-14-6-2-3-7-16(14)20(23)24-19(15)17/h2-3,6-9,13,22H,4-5,10-12H2,1H3. The first-order chi connectivity index (χ1) is 11.6. The average molecular weight is 323 g/mol. The number of piperidine rings is 1. The molecule has 2 unspecified atom stereocenters. The minimum absolute atomic E-state index is 0.0355. The van der Waals surface area contributed by atoms with E-state index in [9.17, 15) is 9.90 Å². The first-order valence-corrected chi connectivity index (χ1v) is 8.61. The van der Waals surface area contributed by atoms with E-state index >= 15 is 0 Å². The molecule has 0 saturated carbocycles. The maximum absolute atomic E-state index is 12.5. The second-order valence-corrected chi connectivity index (χ2v) is 6.98. The van der Waals surface area contributed by atoms with Gasteiger partial charge in [-0.1, -0.05) is 43.0 Å². The van der Waals surface area contributed by atoms with Crippen LogP contribution in [-0.2, 0) is 6.54 Å². The van der Waals surface area contributed by atoms with Crippen molar-refractivity contribution in [3.8, 4) is 5.75 Å².